The first kappa shape index (κ1) is 29.3. The van der Waals surface area contributed by atoms with Crippen molar-refractivity contribution in [3.8, 4) is 0 Å². The van der Waals surface area contributed by atoms with Crippen LogP contribution < -0.4 is 10.2 Å². The third-order valence-corrected chi connectivity index (χ3v) is 8.51. The lowest BCUT2D eigenvalue weighted by atomic mass is 9.93. The van der Waals surface area contributed by atoms with Gasteiger partial charge in [-0.15, -0.1) is 0 Å². The van der Waals surface area contributed by atoms with Crippen molar-refractivity contribution in [3.63, 3.8) is 0 Å². The number of carbonyl (C=O) groups is 4. The van der Waals surface area contributed by atoms with Gasteiger partial charge in [-0.2, -0.15) is 0 Å². The van der Waals surface area contributed by atoms with Gasteiger partial charge in [-0.1, -0.05) is 12.1 Å². The number of hydrogen-bond donors (Lipinski definition) is 1. The Morgan fingerprint density at radius 3 is 2.44 bits per heavy atom. The minimum atomic E-state index is -0.716. The maximum atomic E-state index is 13.8. The quantitative estimate of drug-likeness (QED) is 0.539. The van der Waals surface area contributed by atoms with Crippen molar-refractivity contribution in [1.29, 1.82) is 0 Å². The first-order valence-corrected chi connectivity index (χ1v) is 14.9. The number of benzene rings is 1. The zero-order valence-corrected chi connectivity index (χ0v) is 24.5. The van der Waals surface area contributed by atoms with E-state index in [9.17, 15) is 19.2 Å². The first-order valence-electron chi connectivity index (χ1n) is 14.9. The Morgan fingerprint density at radius 2 is 1.76 bits per heavy atom. The van der Waals surface area contributed by atoms with Gasteiger partial charge in [0.05, 0.1) is 12.2 Å². The summed E-state index contributed by atoms with van der Waals surface area (Å²) in [5.74, 6) is -0.363. The normalized spacial score (nSPS) is 23.2. The monoisotopic (exact) mass is 569 g/mol. The average molecular weight is 570 g/mol. The summed E-state index contributed by atoms with van der Waals surface area (Å²) >= 11 is 0. The van der Waals surface area contributed by atoms with Gasteiger partial charge in [-0.05, 0) is 70.5 Å². The molecule has 3 saturated heterocycles. The van der Waals surface area contributed by atoms with Gasteiger partial charge in [0, 0.05) is 51.4 Å². The smallest absolute Gasteiger partial charge is 0.410 e. The highest BCUT2D eigenvalue weighted by Crippen LogP contribution is 2.31. The Bertz CT molecular complexity index is 1150. The van der Waals surface area contributed by atoms with E-state index < -0.39 is 17.6 Å². The molecule has 1 unspecified atom stereocenters. The van der Waals surface area contributed by atoms with Crippen LogP contribution in [-0.4, -0.2) is 103 Å². The van der Waals surface area contributed by atoms with Crippen molar-refractivity contribution in [3.05, 3.63) is 29.3 Å². The molecule has 5 rings (SSSR count). The third-order valence-electron chi connectivity index (χ3n) is 8.51. The van der Waals surface area contributed by atoms with Gasteiger partial charge in [-0.25, -0.2) is 4.79 Å². The predicted molar refractivity (Wildman–Crippen MR) is 152 cm³/mol. The molecule has 11 heteroatoms. The lowest BCUT2D eigenvalue weighted by molar-refractivity contribution is -0.138. The van der Waals surface area contributed by atoms with Crippen LogP contribution >= 0.6 is 0 Å². The van der Waals surface area contributed by atoms with E-state index in [4.69, 9.17) is 9.47 Å². The molecule has 11 nitrogen and oxygen atoms in total. The molecule has 1 N–H and O–H groups in total. The second-order valence-electron chi connectivity index (χ2n) is 12.6. The summed E-state index contributed by atoms with van der Waals surface area (Å²) in [5.41, 5.74) is 1.83. The largest absolute Gasteiger partial charge is 0.444 e. The summed E-state index contributed by atoms with van der Waals surface area (Å²) in [4.78, 5) is 58.4. The van der Waals surface area contributed by atoms with E-state index in [2.05, 4.69) is 15.1 Å². The van der Waals surface area contributed by atoms with E-state index in [1.807, 2.05) is 43.9 Å². The highest BCUT2D eigenvalue weighted by atomic mass is 16.6. The Morgan fingerprint density at radius 1 is 1.02 bits per heavy atom. The zero-order chi connectivity index (χ0) is 29.1. The SMILES string of the molecule is CC(C)(C)OC(=O)N1CCC(CCN2CCN(c3cccc4c3C(=O)N(C3CCC(=O)NC3=O)COC4)CC2)CC1. The number of likely N-dealkylation sites (tertiary alicyclic amines) is 1. The van der Waals surface area contributed by atoms with Crippen LogP contribution in [-0.2, 0) is 25.7 Å². The van der Waals surface area contributed by atoms with Crippen LogP contribution in [0.4, 0.5) is 10.5 Å². The molecule has 41 heavy (non-hydrogen) atoms. The molecule has 4 amide bonds. The second-order valence-corrected chi connectivity index (χ2v) is 12.6. The predicted octanol–water partition coefficient (Wildman–Crippen LogP) is 2.58. The van der Waals surface area contributed by atoms with Crippen LogP contribution in [0, 0.1) is 5.92 Å². The van der Waals surface area contributed by atoms with Crippen molar-refractivity contribution in [2.75, 3.05) is 57.4 Å². The lowest BCUT2D eigenvalue weighted by Crippen LogP contribution is -2.54. The molecule has 0 saturated carbocycles. The van der Waals surface area contributed by atoms with Gasteiger partial charge < -0.3 is 24.2 Å². The van der Waals surface area contributed by atoms with Crippen LogP contribution in [0.15, 0.2) is 18.2 Å². The standard InChI is InChI=1S/C30H43N5O6/c1-30(2,3)41-29(39)34-13-10-21(11-14-34)9-12-32-15-17-33(18-16-32)23-6-4-5-22-19-40-20-35(28(38)26(22)23)24-7-8-25(36)31-27(24)37/h4-6,21,24H,7-20H2,1-3H3,(H,31,36,37). The molecular formula is C30H43N5O6. The van der Waals surface area contributed by atoms with Gasteiger partial charge >= 0.3 is 6.09 Å². The lowest BCUT2D eigenvalue weighted by Gasteiger charge is -2.39. The summed E-state index contributed by atoms with van der Waals surface area (Å²) in [5, 5.41) is 2.36. The van der Waals surface area contributed by atoms with Crippen LogP contribution in [0.5, 0.6) is 0 Å². The summed E-state index contributed by atoms with van der Waals surface area (Å²) < 4.78 is 11.3. The number of amides is 4. The molecule has 3 fully saturated rings. The first-order chi connectivity index (χ1) is 19.6. The highest BCUT2D eigenvalue weighted by Gasteiger charge is 2.38. The van der Waals surface area contributed by atoms with Crippen LogP contribution in [0.1, 0.15) is 68.8 Å². The molecule has 0 aromatic heterocycles. The number of hydrogen-bond acceptors (Lipinski definition) is 8. The number of anilines is 1. The van der Waals surface area contributed by atoms with Gasteiger partial charge in [0.25, 0.3) is 5.91 Å². The van der Waals surface area contributed by atoms with E-state index in [0.29, 0.717) is 24.5 Å². The Balaban J connectivity index is 1.14. The number of ether oxygens (including phenoxy) is 2. The minimum Gasteiger partial charge on any atom is -0.444 e. The van der Waals surface area contributed by atoms with Crippen molar-refractivity contribution in [2.24, 2.45) is 5.92 Å². The van der Waals surface area contributed by atoms with Gasteiger partial charge in [0.2, 0.25) is 11.8 Å². The number of piperazine rings is 1. The molecule has 4 heterocycles. The van der Waals surface area contributed by atoms with Gasteiger partial charge in [0.15, 0.2) is 0 Å². The van der Waals surface area contributed by atoms with E-state index in [1.54, 1.807) is 0 Å². The van der Waals surface area contributed by atoms with Crippen LogP contribution in [0.3, 0.4) is 0 Å². The topological polar surface area (TPSA) is 112 Å². The molecular weight excluding hydrogens is 526 g/mol. The maximum absolute atomic E-state index is 13.8. The fraction of sp³-hybridized carbons (Fsp3) is 0.667. The van der Waals surface area contributed by atoms with Gasteiger partial charge in [0.1, 0.15) is 18.4 Å². The second kappa shape index (κ2) is 12.4. The number of piperidine rings is 2. The van der Waals surface area contributed by atoms with Crippen molar-refractivity contribution in [1.82, 2.24) is 20.0 Å². The van der Waals surface area contributed by atoms with E-state index in [-0.39, 0.29) is 31.1 Å². The number of rotatable bonds is 5. The maximum Gasteiger partial charge on any atom is 0.410 e. The number of nitrogens with zero attached hydrogens (tertiary/aromatic N) is 4. The van der Waals surface area contributed by atoms with Crippen molar-refractivity contribution in [2.45, 2.75) is 71.1 Å². The molecule has 1 aromatic rings. The van der Waals surface area contributed by atoms with Crippen molar-refractivity contribution >= 4 is 29.5 Å². The molecule has 0 bridgehead atoms. The molecule has 0 aliphatic carbocycles. The Kier molecular flexibility index (Phi) is 8.84. The van der Waals surface area contributed by atoms with Crippen LogP contribution in [0.25, 0.3) is 0 Å². The van der Waals surface area contributed by atoms with E-state index in [1.165, 1.54) is 4.90 Å². The summed E-state index contributed by atoms with van der Waals surface area (Å²) in [6.07, 6.45) is 3.41. The fourth-order valence-corrected chi connectivity index (χ4v) is 6.19. The molecule has 0 spiro atoms. The molecule has 224 valence electrons. The zero-order valence-electron chi connectivity index (χ0n) is 24.5. The number of carbonyl (C=O) groups excluding carboxylic acids is 4. The van der Waals surface area contributed by atoms with Crippen molar-refractivity contribution < 1.29 is 28.7 Å². The Labute approximate surface area is 242 Å². The molecule has 4 aliphatic heterocycles. The van der Waals surface area contributed by atoms with Crippen LogP contribution in [0.2, 0.25) is 0 Å². The number of nitrogens with one attached hydrogen (secondary N) is 1. The molecule has 1 aromatic carbocycles. The van der Waals surface area contributed by atoms with E-state index in [0.717, 1.165) is 76.3 Å². The molecule has 1 atom stereocenters. The molecule has 4 aliphatic rings. The fourth-order valence-electron chi connectivity index (χ4n) is 6.19. The Hall–Kier alpha value is -3.18. The van der Waals surface area contributed by atoms with Gasteiger partial charge in [-0.3, -0.25) is 24.6 Å². The summed E-state index contributed by atoms with van der Waals surface area (Å²) in [7, 11) is 0. The summed E-state index contributed by atoms with van der Waals surface area (Å²) in [6.45, 7) is 11.9. The average Bonchev–Trinajstić information content (AvgIpc) is 3.10. The molecule has 0 radical (unpaired) electrons. The number of fused-ring (bicyclic) bond motifs is 1. The van der Waals surface area contributed by atoms with E-state index >= 15 is 0 Å². The summed E-state index contributed by atoms with van der Waals surface area (Å²) in [6, 6.07) is 5.14. The number of imide groups is 1. The highest BCUT2D eigenvalue weighted by molar-refractivity contribution is 6.06. The minimum absolute atomic E-state index is 0.0176. The third kappa shape index (κ3) is 7.01.